The van der Waals surface area contributed by atoms with Crippen molar-refractivity contribution in [2.45, 2.75) is 77.5 Å². The lowest BCUT2D eigenvalue weighted by atomic mass is 9.98. The third kappa shape index (κ3) is 8.91. The number of carbonyl (C=O) groups excluding carboxylic acids is 4. The first-order valence-electron chi connectivity index (χ1n) is 21.8. The molecule has 1 saturated carbocycles. The third-order valence-electron chi connectivity index (χ3n) is 13.0. The summed E-state index contributed by atoms with van der Waals surface area (Å²) in [6, 6.07) is 19.2. The Hall–Kier alpha value is -6.51. The zero-order chi connectivity index (χ0) is 44.6. The van der Waals surface area contributed by atoms with Crippen molar-refractivity contribution in [1.82, 2.24) is 40.4 Å². The molecule has 3 fully saturated rings. The van der Waals surface area contributed by atoms with Gasteiger partial charge >= 0.3 is 12.2 Å². The smallest absolute Gasteiger partial charge is 0.407 e. The standard InChI is InChI=1S/C48H57N9O6/c1-27(2)40(54-46(60)62-6)44(58)56-25-29(22-49-5)18-38(56)42-50-23-36(52-42)31-10-8-30(9-11-31)32-12-13-34-20-35(15-14-33(34)19-32)37-24-51-43(53-37)39-21-48(16-17-48)26-57(39)45(59)41(28(3)4)55-47(61)63-7/h8-15,19-20,22-24,27-29,38-41H,16-18,21,25-26H2,1-7H3,(H,50,52)(H,51,53)(H,54,60)(H,55,61)/t29-,38+,39+,40+,41+/m1/s1. The van der Waals surface area contributed by atoms with Gasteiger partial charge in [-0.2, -0.15) is 0 Å². The van der Waals surface area contributed by atoms with E-state index in [-0.39, 0.29) is 47.1 Å². The molecule has 330 valence electrons. The number of aromatic nitrogens is 4. The van der Waals surface area contributed by atoms with Gasteiger partial charge in [-0.15, -0.1) is 0 Å². The number of rotatable bonds is 12. The molecule has 4 amide bonds. The number of imidazole rings is 2. The van der Waals surface area contributed by atoms with Gasteiger partial charge in [-0.3, -0.25) is 9.59 Å². The minimum atomic E-state index is -0.743. The van der Waals surface area contributed by atoms with E-state index in [9.17, 15) is 19.2 Å². The van der Waals surface area contributed by atoms with Crippen LogP contribution in [0.15, 0.2) is 78.0 Å². The number of hydrogen-bond acceptors (Lipinski definition) is 9. The van der Waals surface area contributed by atoms with Crippen LogP contribution < -0.4 is 10.6 Å². The molecular weight excluding hydrogens is 799 g/mol. The first kappa shape index (κ1) is 43.2. The van der Waals surface area contributed by atoms with Gasteiger partial charge in [-0.05, 0) is 82.5 Å². The lowest BCUT2D eigenvalue weighted by Gasteiger charge is -2.30. The quantitative estimate of drug-likeness (QED) is 0.0920. The monoisotopic (exact) mass is 855 g/mol. The summed E-state index contributed by atoms with van der Waals surface area (Å²) in [5.74, 6) is 0.939. The molecule has 8 rings (SSSR count). The Kier molecular flexibility index (Phi) is 12.1. The Bertz CT molecular complexity index is 2520. The second-order valence-electron chi connectivity index (χ2n) is 18.0. The van der Waals surface area contributed by atoms with E-state index < -0.39 is 24.3 Å². The van der Waals surface area contributed by atoms with Crippen LogP contribution in [0.1, 0.15) is 77.1 Å². The van der Waals surface area contributed by atoms with E-state index in [1.165, 1.54) is 14.2 Å². The van der Waals surface area contributed by atoms with Crippen molar-refractivity contribution < 1.29 is 28.7 Å². The number of aromatic amines is 2. The molecule has 5 atom stereocenters. The molecule has 0 unspecified atom stereocenters. The molecule has 2 aliphatic heterocycles. The third-order valence-corrected chi connectivity index (χ3v) is 13.0. The van der Waals surface area contributed by atoms with Crippen LogP contribution in [-0.4, -0.2) is 106 Å². The van der Waals surface area contributed by atoms with Crippen LogP contribution >= 0.6 is 0 Å². The van der Waals surface area contributed by atoms with Crippen molar-refractivity contribution in [2.75, 3.05) is 34.4 Å². The average Bonchev–Trinajstić information content (AvgIpc) is 3.78. The fourth-order valence-corrected chi connectivity index (χ4v) is 9.26. The van der Waals surface area contributed by atoms with E-state index in [0.29, 0.717) is 25.3 Å². The average molecular weight is 856 g/mol. The maximum atomic E-state index is 13.9. The minimum Gasteiger partial charge on any atom is -0.453 e. The molecular formula is C48H57N9O6. The van der Waals surface area contributed by atoms with Crippen molar-refractivity contribution in [3.63, 3.8) is 0 Å². The number of hydrogen-bond donors (Lipinski definition) is 4. The number of nitrogens with zero attached hydrogens (tertiary/aromatic N) is 5. The highest BCUT2D eigenvalue weighted by Crippen LogP contribution is 2.58. The predicted molar refractivity (Wildman–Crippen MR) is 241 cm³/mol. The summed E-state index contributed by atoms with van der Waals surface area (Å²) in [5, 5.41) is 7.66. The van der Waals surface area contributed by atoms with Gasteiger partial charge in [0.05, 0.1) is 50.1 Å². The molecule has 15 heteroatoms. The van der Waals surface area contributed by atoms with Crippen molar-refractivity contribution in [1.29, 1.82) is 0 Å². The number of amides is 4. The summed E-state index contributed by atoms with van der Waals surface area (Å²) in [6.07, 6.45) is 7.93. The van der Waals surface area contributed by atoms with Crippen LogP contribution in [0.2, 0.25) is 0 Å². The van der Waals surface area contributed by atoms with Crippen molar-refractivity contribution >= 4 is 41.0 Å². The topological polar surface area (TPSA) is 187 Å². The van der Waals surface area contributed by atoms with Gasteiger partial charge in [0.15, 0.2) is 0 Å². The Balaban J connectivity index is 0.965. The highest BCUT2D eigenvalue weighted by atomic mass is 16.5. The Morgan fingerprint density at radius 2 is 1.24 bits per heavy atom. The van der Waals surface area contributed by atoms with E-state index in [2.05, 4.69) is 86.3 Å². The zero-order valence-corrected chi connectivity index (χ0v) is 37.0. The number of ether oxygens (including phenoxy) is 2. The first-order valence-corrected chi connectivity index (χ1v) is 21.8. The fraction of sp³-hybridized carbons (Fsp3) is 0.438. The molecule has 3 aliphatic rings. The Labute approximate surface area is 367 Å². The summed E-state index contributed by atoms with van der Waals surface area (Å²) in [5.41, 5.74) is 5.95. The van der Waals surface area contributed by atoms with Gasteiger partial charge in [0.2, 0.25) is 11.8 Å². The number of methoxy groups -OCH3 is 2. The molecule has 2 saturated heterocycles. The highest BCUT2D eigenvalue weighted by Gasteiger charge is 2.55. The second kappa shape index (κ2) is 17.7. The van der Waals surface area contributed by atoms with Gasteiger partial charge in [-0.25, -0.2) is 19.6 Å². The maximum Gasteiger partial charge on any atom is 0.407 e. The van der Waals surface area contributed by atoms with E-state index in [1.54, 1.807) is 18.1 Å². The lowest BCUT2D eigenvalue weighted by Crippen LogP contribution is -2.51. The number of nitrogens with one attached hydrogen (secondary N) is 4. The van der Waals surface area contributed by atoms with Crippen LogP contribution in [-0.2, 0) is 19.1 Å². The molecule has 3 aromatic carbocycles. The fourth-order valence-electron chi connectivity index (χ4n) is 9.26. The number of alkyl carbamates (subject to hydrolysis) is 2. The largest absolute Gasteiger partial charge is 0.453 e. The lowest BCUT2D eigenvalue weighted by molar-refractivity contribution is -0.136. The Morgan fingerprint density at radius 3 is 1.79 bits per heavy atom. The van der Waals surface area contributed by atoms with Gasteiger partial charge in [0.1, 0.15) is 23.7 Å². The maximum absolute atomic E-state index is 13.9. The molecule has 63 heavy (non-hydrogen) atoms. The van der Waals surface area contributed by atoms with Crippen LogP contribution in [0.4, 0.5) is 9.59 Å². The van der Waals surface area contributed by atoms with Gasteiger partial charge in [0.25, 0.3) is 0 Å². The van der Waals surface area contributed by atoms with Gasteiger partial charge in [-0.1, -0.05) is 76.2 Å². The summed E-state index contributed by atoms with van der Waals surface area (Å²) >= 11 is 0. The van der Waals surface area contributed by atoms with Crippen LogP contribution in [0, 0.1) is 23.2 Å². The molecule has 1 aliphatic carbocycles. The van der Waals surface area contributed by atoms with Crippen LogP contribution in [0.5, 0.6) is 0 Å². The highest BCUT2D eigenvalue weighted by molar-refractivity contribution is 5.91. The summed E-state index contributed by atoms with van der Waals surface area (Å²) in [7, 11) is 4.32. The predicted octanol–water partition coefficient (Wildman–Crippen LogP) is 7.69. The van der Waals surface area contributed by atoms with E-state index in [4.69, 9.17) is 19.4 Å². The van der Waals surface area contributed by atoms with Crippen LogP contribution in [0.3, 0.4) is 0 Å². The number of carbonyl (C=O) groups is 4. The van der Waals surface area contributed by atoms with Crippen LogP contribution in [0.25, 0.3) is 44.4 Å². The van der Waals surface area contributed by atoms with Crippen molar-refractivity contribution in [2.24, 2.45) is 28.2 Å². The number of H-pyrrole nitrogens is 2. The molecule has 4 heterocycles. The molecule has 0 bridgehead atoms. The first-order chi connectivity index (χ1) is 30.3. The zero-order valence-electron chi connectivity index (χ0n) is 37.0. The van der Waals surface area contributed by atoms with E-state index in [0.717, 1.165) is 69.5 Å². The summed E-state index contributed by atoms with van der Waals surface area (Å²) in [6.45, 7) is 8.76. The number of likely N-dealkylation sites (tertiary alicyclic amines) is 2. The minimum absolute atomic E-state index is 0.0546. The molecule has 2 aromatic heterocycles. The second-order valence-corrected chi connectivity index (χ2v) is 18.0. The normalized spacial score (nSPS) is 20.2. The van der Waals surface area contributed by atoms with E-state index >= 15 is 0 Å². The number of benzene rings is 3. The molecule has 4 N–H and O–H groups in total. The molecule has 15 nitrogen and oxygen atoms in total. The number of aliphatic imine (C=N–C) groups is 1. The number of fused-ring (bicyclic) bond motifs is 1. The SMILES string of the molecule is CN=C[C@H]1C[C@@H](c2ncc(-c3ccc(-c4ccc5cc(-c6cnc([C@@H]7CC8(CC8)CN7C(=O)[C@@H](NC(=O)OC)C(C)C)[nH]6)ccc5c4)cc3)[nH]2)N(C(=O)[C@@H](NC(=O)OC)C(C)C)C1. The molecule has 0 radical (unpaired) electrons. The van der Waals surface area contributed by atoms with Gasteiger partial charge in [0, 0.05) is 37.8 Å². The molecule has 5 aromatic rings. The molecule has 1 spiro atoms. The summed E-state index contributed by atoms with van der Waals surface area (Å²) in [4.78, 5) is 76.6. The Morgan fingerprint density at radius 1 is 0.730 bits per heavy atom. The van der Waals surface area contributed by atoms with E-state index in [1.807, 2.05) is 45.0 Å². The van der Waals surface area contributed by atoms with Crippen molar-refractivity contribution in [3.05, 3.63) is 84.7 Å². The van der Waals surface area contributed by atoms with Gasteiger partial charge < -0.3 is 44.9 Å². The summed E-state index contributed by atoms with van der Waals surface area (Å²) < 4.78 is 9.63. The van der Waals surface area contributed by atoms with Crippen molar-refractivity contribution in [3.8, 4) is 33.6 Å².